The van der Waals surface area contributed by atoms with Gasteiger partial charge in [0.25, 0.3) is 0 Å². The predicted octanol–water partition coefficient (Wildman–Crippen LogP) is 4.02. The number of carboxylic acid groups (broad SMARTS) is 1. The van der Waals surface area contributed by atoms with Gasteiger partial charge in [0.15, 0.2) is 0 Å². The summed E-state index contributed by atoms with van der Waals surface area (Å²) in [6.45, 7) is 0.746. The molecule has 1 spiro atoms. The van der Waals surface area contributed by atoms with Crippen LogP contribution in [-0.2, 0) is 4.74 Å². The molecule has 1 aliphatic carbocycles. The van der Waals surface area contributed by atoms with Gasteiger partial charge in [-0.2, -0.15) is 0 Å². The Bertz CT molecular complexity index is 537. The van der Waals surface area contributed by atoms with Crippen molar-refractivity contribution in [3.8, 4) is 5.75 Å². The van der Waals surface area contributed by atoms with Gasteiger partial charge in [-0.05, 0) is 47.0 Å². The second-order valence-corrected chi connectivity index (χ2v) is 6.78. The Balaban J connectivity index is 1.70. The van der Waals surface area contributed by atoms with Crippen molar-refractivity contribution >= 4 is 21.9 Å². The number of ether oxygens (including phenoxy) is 2. The molecule has 2 aliphatic rings. The summed E-state index contributed by atoms with van der Waals surface area (Å²) in [5, 5.41) is 8.98. The SMILES string of the molecule is O=C(O)c1ccc(OC2CCOC3(CCCC3)C2)c(Br)c1. The van der Waals surface area contributed by atoms with E-state index in [1.807, 2.05) is 0 Å². The molecule has 4 nitrogen and oxygen atoms in total. The molecule has 1 aliphatic heterocycles. The molecule has 2 fully saturated rings. The lowest BCUT2D eigenvalue weighted by Crippen LogP contribution is -2.41. The van der Waals surface area contributed by atoms with Crippen LogP contribution < -0.4 is 4.74 Å². The Morgan fingerprint density at radius 3 is 2.81 bits per heavy atom. The molecule has 114 valence electrons. The van der Waals surface area contributed by atoms with Crippen LogP contribution in [0.15, 0.2) is 22.7 Å². The zero-order valence-corrected chi connectivity index (χ0v) is 13.4. The molecule has 1 N–H and O–H groups in total. The van der Waals surface area contributed by atoms with Gasteiger partial charge in [0.2, 0.25) is 0 Å². The molecule has 3 rings (SSSR count). The fourth-order valence-corrected chi connectivity index (χ4v) is 3.83. The number of carbonyl (C=O) groups is 1. The van der Waals surface area contributed by atoms with E-state index in [-0.39, 0.29) is 17.3 Å². The van der Waals surface area contributed by atoms with Crippen LogP contribution in [0.3, 0.4) is 0 Å². The van der Waals surface area contributed by atoms with Crippen LogP contribution in [-0.4, -0.2) is 29.4 Å². The third kappa shape index (κ3) is 3.24. The highest BCUT2D eigenvalue weighted by Gasteiger charge is 2.40. The fraction of sp³-hybridized carbons (Fsp3) is 0.562. The van der Waals surface area contributed by atoms with Gasteiger partial charge in [0.1, 0.15) is 11.9 Å². The molecule has 5 heteroatoms. The van der Waals surface area contributed by atoms with E-state index in [9.17, 15) is 4.79 Å². The van der Waals surface area contributed by atoms with Crippen LogP contribution in [0, 0.1) is 0 Å². The molecule has 1 saturated carbocycles. The monoisotopic (exact) mass is 354 g/mol. The lowest BCUT2D eigenvalue weighted by molar-refractivity contribution is -0.108. The molecule has 1 unspecified atom stereocenters. The van der Waals surface area contributed by atoms with Gasteiger partial charge in [0.05, 0.1) is 22.2 Å². The molecule has 21 heavy (non-hydrogen) atoms. The maximum absolute atomic E-state index is 10.9. The van der Waals surface area contributed by atoms with E-state index in [0.717, 1.165) is 32.3 Å². The molecular formula is C16H19BrO4. The summed E-state index contributed by atoms with van der Waals surface area (Å²) in [4.78, 5) is 10.9. The molecule has 0 amide bonds. The maximum Gasteiger partial charge on any atom is 0.335 e. The van der Waals surface area contributed by atoms with Crippen LogP contribution in [0.2, 0.25) is 0 Å². The highest BCUT2D eigenvalue weighted by Crippen LogP contribution is 2.41. The van der Waals surface area contributed by atoms with Crippen molar-refractivity contribution in [2.45, 2.75) is 50.2 Å². The average Bonchev–Trinajstić information content (AvgIpc) is 2.89. The zero-order chi connectivity index (χ0) is 14.9. The second-order valence-electron chi connectivity index (χ2n) is 5.92. The number of hydrogen-bond donors (Lipinski definition) is 1. The fourth-order valence-electron chi connectivity index (χ4n) is 3.36. The van der Waals surface area contributed by atoms with Gasteiger partial charge in [-0.25, -0.2) is 4.79 Å². The minimum atomic E-state index is -0.932. The van der Waals surface area contributed by atoms with Crippen molar-refractivity contribution in [3.05, 3.63) is 28.2 Å². The third-order valence-corrected chi connectivity index (χ3v) is 5.05. The Kier molecular flexibility index (Phi) is 4.22. The van der Waals surface area contributed by atoms with Crippen LogP contribution in [0.5, 0.6) is 5.75 Å². The largest absolute Gasteiger partial charge is 0.489 e. The van der Waals surface area contributed by atoms with Gasteiger partial charge in [-0.3, -0.25) is 0 Å². The van der Waals surface area contributed by atoms with Crippen molar-refractivity contribution in [3.63, 3.8) is 0 Å². The molecule has 1 saturated heterocycles. The van der Waals surface area contributed by atoms with Gasteiger partial charge >= 0.3 is 5.97 Å². The number of halogens is 1. The van der Waals surface area contributed by atoms with Crippen molar-refractivity contribution in [1.29, 1.82) is 0 Å². The normalized spacial score (nSPS) is 24.1. The molecule has 1 atom stereocenters. The first-order chi connectivity index (χ1) is 10.1. The predicted molar refractivity (Wildman–Crippen MR) is 81.9 cm³/mol. The Morgan fingerprint density at radius 1 is 1.38 bits per heavy atom. The lowest BCUT2D eigenvalue weighted by atomic mass is 9.90. The molecule has 0 radical (unpaired) electrons. The highest BCUT2D eigenvalue weighted by molar-refractivity contribution is 9.10. The second kappa shape index (κ2) is 5.97. The number of hydrogen-bond acceptors (Lipinski definition) is 3. The van der Waals surface area contributed by atoms with Gasteiger partial charge in [0, 0.05) is 12.8 Å². The van der Waals surface area contributed by atoms with Crippen LogP contribution >= 0.6 is 15.9 Å². The summed E-state index contributed by atoms with van der Waals surface area (Å²) in [7, 11) is 0. The number of benzene rings is 1. The van der Waals surface area contributed by atoms with E-state index in [1.54, 1.807) is 18.2 Å². The summed E-state index contributed by atoms with van der Waals surface area (Å²) in [6.07, 6.45) is 6.70. The minimum absolute atomic E-state index is 0.0242. The summed E-state index contributed by atoms with van der Waals surface area (Å²) >= 11 is 3.40. The Labute approximate surface area is 132 Å². The molecule has 0 bridgehead atoms. The third-order valence-electron chi connectivity index (χ3n) is 4.44. The van der Waals surface area contributed by atoms with E-state index in [0.29, 0.717) is 10.2 Å². The maximum atomic E-state index is 10.9. The smallest absolute Gasteiger partial charge is 0.335 e. The Hall–Kier alpha value is -1.07. The van der Waals surface area contributed by atoms with Gasteiger partial charge in [-0.1, -0.05) is 12.8 Å². The number of rotatable bonds is 3. The highest BCUT2D eigenvalue weighted by atomic mass is 79.9. The molecule has 1 aromatic carbocycles. The van der Waals surface area contributed by atoms with E-state index >= 15 is 0 Å². The van der Waals surface area contributed by atoms with Crippen LogP contribution in [0.25, 0.3) is 0 Å². The molecule has 0 aromatic heterocycles. The minimum Gasteiger partial charge on any atom is -0.489 e. The van der Waals surface area contributed by atoms with Crippen molar-refractivity contribution < 1.29 is 19.4 Å². The van der Waals surface area contributed by atoms with E-state index in [4.69, 9.17) is 14.6 Å². The topological polar surface area (TPSA) is 55.8 Å². The quantitative estimate of drug-likeness (QED) is 0.890. The average molecular weight is 355 g/mol. The van der Waals surface area contributed by atoms with Crippen molar-refractivity contribution in [2.24, 2.45) is 0 Å². The standard InChI is InChI=1S/C16H19BrO4/c17-13-9-11(15(18)19)3-4-14(13)21-12-5-8-20-16(10-12)6-1-2-7-16/h3-4,9,12H,1-2,5-8,10H2,(H,18,19). The molecular weight excluding hydrogens is 336 g/mol. The van der Waals surface area contributed by atoms with Gasteiger partial charge < -0.3 is 14.6 Å². The lowest BCUT2D eigenvalue weighted by Gasteiger charge is -2.38. The first-order valence-electron chi connectivity index (χ1n) is 7.41. The van der Waals surface area contributed by atoms with E-state index in [1.165, 1.54) is 12.8 Å². The molecule has 1 aromatic rings. The number of carboxylic acids is 1. The van der Waals surface area contributed by atoms with E-state index in [2.05, 4.69) is 15.9 Å². The summed E-state index contributed by atoms with van der Waals surface area (Å²) in [5.74, 6) is -0.224. The van der Waals surface area contributed by atoms with Crippen molar-refractivity contribution in [1.82, 2.24) is 0 Å². The summed E-state index contributed by atoms with van der Waals surface area (Å²) in [5.41, 5.74) is 0.282. The first kappa shape index (κ1) is 14.9. The van der Waals surface area contributed by atoms with Gasteiger partial charge in [-0.15, -0.1) is 0 Å². The van der Waals surface area contributed by atoms with Crippen molar-refractivity contribution in [2.75, 3.05) is 6.61 Å². The Morgan fingerprint density at radius 2 is 2.14 bits per heavy atom. The zero-order valence-electron chi connectivity index (χ0n) is 11.8. The molecule has 1 heterocycles. The first-order valence-corrected chi connectivity index (χ1v) is 8.21. The van der Waals surface area contributed by atoms with E-state index < -0.39 is 5.97 Å². The summed E-state index contributed by atoms with van der Waals surface area (Å²) < 4.78 is 12.8. The van der Waals surface area contributed by atoms with Crippen LogP contribution in [0.4, 0.5) is 0 Å². The number of aromatic carboxylic acids is 1. The van der Waals surface area contributed by atoms with Crippen LogP contribution in [0.1, 0.15) is 48.9 Å². The summed E-state index contributed by atoms with van der Waals surface area (Å²) in [6, 6.07) is 4.89.